The van der Waals surface area contributed by atoms with Gasteiger partial charge in [0.15, 0.2) is 0 Å². The average Bonchev–Trinajstić information content (AvgIpc) is 3.38. The van der Waals surface area contributed by atoms with E-state index >= 15 is 0 Å². The summed E-state index contributed by atoms with van der Waals surface area (Å²) in [6, 6.07) is 19.6. The molecule has 2 aliphatic carbocycles. The fraction of sp³-hybridized carbons (Fsp3) is 0.136. The van der Waals surface area contributed by atoms with Gasteiger partial charge in [0, 0.05) is 0 Å². The average molecular weight is 356 g/mol. The summed E-state index contributed by atoms with van der Waals surface area (Å²) in [6.07, 6.45) is 11.3. The Kier molecular flexibility index (Phi) is 6.99. The summed E-state index contributed by atoms with van der Waals surface area (Å²) in [5.41, 5.74) is 4.27. The van der Waals surface area contributed by atoms with E-state index in [4.69, 9.17) is 0 Å². The smallest absolute Gasteiger partial charge is 0.872 e. The molecule has 1 fully saturated rings. The minimum Gasteiger partial charge on any atom is -0.872 e. The summed E-state index contributed by atoms with van der Waals surface area (Å²) < 4.78 is 0. The zero-order chi connectivity index (χ0) is 15.9. The van der Waals surface area contributed by atoms with Crippen LogP contribution in [-0.2, 0) is 17.1 Å². The van der Waals surface area contributed by atoms with Gasteiger partial charge in [-0.1, -0.05) is 66.0 Å². The van der Waals surface area contributed by atoms with Gasteiger partial charge in [-0.25, -0.2) is 12.1 Å². The number of hydrogen-bond acceptors (Lipinski definition) is 1. The van der Waals surface area contributed by atoms with Crippen molar-refractivity contribution in [1.29, 1.82) is 0 Å². The van der Waals surface area contributed by atoms with E-state index in [9.17, 15) is 5.11 Å². The van der Waals surface area contributed by atoms with Crippen LogP contribution in [0.25, 0.3) is 5.76 Å². The first-order valence-corrected chi connectivity index (χ1v) is 8.07. The second-order valence-electron chi connectivity index (χ2n) is 5.64. The van der Waals surface area contributed by atoms with E-state index in [0.29, 0.717) is 0 Å². The summed E-state index contributed by atoms with van der Waals surface area (Å²) in [5.74, 6) is 0.198. The molecule has 1 nitrogen and oxygen atoms in total. The van der Waals surface area contributed by atoms with Crippen LogP contribution in [0.3, 0.4) is 0 Å². The second-order valence-corrected chi connectivity index (χ2v) is 5.64. The van der Waals surface area contributed by atoms with Crippen LogP contribution in [-0.4, -0.2) is 0 Å². The summed E-state index contributed by atoms with van der Waals surface area (Å²) in [4.78, 5) is 0. The van der Waals surface area contributed by atoms with Crippen molar-refractivity contribution < 1.29 is 22.2 Å². The Labute approximate surface area is 154 Å². The normalized spacial score (nSPS) is 17.3. The van der Waals surface area contributed by atoms with Gasteiger partial charge in [-0.3, -0.25) is 0 Å². The quantitative estimate of drug-likeness (QED) is 0.410. The largest absolute Gasteiger partial charge is 2.00 e. The summed E-state index contributed by atoms with van der Waals surface area (Å²) in [7, 11) is 0. The molecule has 24 heavy (non-hydrogen) atoms. The SMILES string of the molecule is [Fe+2].[O-]C(=C1CCCC1=C1C=CC=C1)c1ccccc1.c1cc[cH-]c1. The van der Waals surface area contributed by atoms with Gasteiger partial charge in [-0.2, -0.15) is 18.2 Å². The molecule has 2 aliphatic rings. The Balaban J connectivity index is 0.000000300. The van der Waals surface area contributed by atoms with Crippen molar-refractivity contribution in [3.05, 3.63) is 107 Å². The maximum absolute atomic E-state index is 12.5. The number of benzene rings is 1. The Bertz CT molecular complexity index is 715. The number of rotatable bonds is 1. The molecule has 2 heteroatoms. The van der Waals surface area contributed by atoms with E-state index in [1.807, 2.05) is 72.8 Å². The molecule has 0 aliphatic heterocycles. The number of hydrogen-bond donors (Lipinski definition) is 0. The summed E-state index contributed by atoms with van der Waals surface area (Å²) >= 11 is 0. The van der Waals surface area contributed by atoms with Gasteiger partial charge in [0.1, 0.15) is 0 Å². The van der Waals surface area contributed by atoms with Crippen LogP contribution < -0.4 is 5.11 Å². The second kappa shape index (κ2) is 9.22. The van der Waals surface area contributed by atoms with E-state index in [-0.39, 0.29) is 22.8 Å². The van der Waals surface area contributed by atoms with Crippen molar-refractivity contribution in [2.45, 2.75) is 19.3 Å². The van der Waals surface area contributed by atoms with Crippen LogP contribution in [0.4, 0.5) is 0 Å². The third-order valence-corrected chi connectivity index (χ3v) is 4.09. The van der Waals surface area contributed by atoms with Crippen LogP contribution in [0.2, 0.25) is 0 Å². The van der Waals surface area contributed by atoms with E-state index in [1.165, 1.54) is 11.1 Å². The molecule has 2 aromatic rings. The minimum absolute atomic E-state index is 0. The minimum atomic E-state index is 0. The molecule has 0 unspecified atom stereocenters. The van der Waals surface area contributed by atoms with Gasteiger partial charge in [-0.15, -0.1) is 0 Å². The third-order valence-electron chi connectivity index (χ3n) is 4.09. The molecule has 0 amide bonds. The van der Waals surface area contributed by atoms with Crippen LogP contribution >= 0.6 is 0 Å². The van der Waals surface area contributed by atoms with E-state index < -0.39 is 0 Å². The Morgan fingerprint density at radius 3 is 2.12 bits per heavy atom. The molecule has 0 bridgehead atoms. The third kappa shape index (κ3) is 4.44. The molecule has 2 aromatic carbocycles. The molecule has 0 aromatic heterocycles. The van der Waals surface area contributed by atoms with Crippen LogP contribution in [0.5, 0.6) is 0 Å². The Morgan fingerprint density at radius 2 is 1.54 bits per heavy atom. The van der Waals surface area contributed by atoms with Crippen molar-refractivity contribution in [1.82, 2.24) is 0 Å². The first kappa shape index (κ1) is 18.2. The van der Waals surface area contributed by atoms with E-state index in [1.54, 1.807) is 0 Å². The first-order chi connectivity index (χ1) is 11.4. The molecule has 0 radical (unpaired) electrons. The first-order valence-electron chi connectivity index (χ1n) is 8.07. The van der Waals surface area contributed by atoms with Gasteiger partial charge >= 0.3 is 17.1 Å². The zero-order valence-electron chi connectivity index (χ0n) is 13.5. The molecule has 0 saturated heterocycles. The van der Waals surface area contributed by atoms with Gasteiger partial charge in [-0.05, 0) is 36.0 Å². The predicted molar refractivity (Wildman–Crippen MR) is 94.6 cm³/mol. The van der Waals surface area contributed by atoms with Gasteiger partial charge in [0.25, 0.3) is 0 Å². The predicted octanol–water partition coefficient (Wildman–Crippen LogP) is 4.77. The molecule has 1 saturated carbocycles. The summed E-state index contributed by atoms with van der Waals surface area (Å²) in [5, 5.41) is 12.5. The molecular weight excluding hydrogens is 336 g/mol. The van der Waals surface area contributed by atoms with Crippen molar-refractivity contribution in [2.24, 2.45) is 0 Å². The molecule has 122 valence electrons. The molecule has 0 heterocycles. The van der Waals surface area contributed by atoms with Gasteiger partial charge < -0.3 is 5.11 Å². The van der Waals surface area contributed by atoms with E-state index in [0.717, 1.165) is 30.4 Å². The van der Waals surface area contributed by atoms with Gasteiger partial charge in [0.2, 0.25) is 0 Å². The molecular formula is C22H20FeO. The number of allylic oxidation sites excluding steroid dienone is 7. The van der Waals surface area contributed by atoms with E-state index in [2.05, 4.69) is 12.2 Å². The maximum Gasteiger partial charge on any atom is 2.00 e. The van der Waals surface area contributed by atoms with Crippen molar-refractivity contribution in [3.8, 4) is 0 Å². The molecule has 0 atom stereocenters. The topological polar surface area (TPSA) is 23.1 Å². The molecule has 0 spiro atoms. The van der Waals surface area contributed by atoms with Gasteiger partial charge in [0.05, 0.1) is 0 Å². The monoisotopic (exact) mass is 356 g/mol. The Morgan fingerprint density at radius 1 is 0.875 bits per heavy atom. The molecule has 4 rings (SSSR count). The van der Waals surface area contributed by atoms with Crippen LogP contribution in [0.1, 0.15) is 24.8 Å². The standard InChI is InChI=1S/C17H16O.C5H5.Fe/c18-17(14-9-2-1-3-10-14)16-12-6-11-15(16)13-7-4-5-8-13;1-2-4-5-3-1;/h1-5,7-10,18H,6,11-12H2;1-5H;/q;-1;+2/p-1. The Hall–Kier alpha value is -2.15. The fourth-order valence-corrected chi connectivity index (χ4v) is 2.97. The van der Waals surface area contributed by atoms with Crippen LogP contribution in [0, 0.1) is 0 Å². The molecule has 0 N–H and O–H groups in total. The van der Waals surface area contributed by atoms with Crippen LogP contribution in [0.15, 0.2) is 102 Å². The van der Waals surface area contributed by atoms with Crippen molar-refractivity contribution in [2.75, 3.05) is 0 Å². The fourth-order valence-electron chi connectivity index (χ4n) is 2.97. The zero-order valence-corrected chi connectivity index (χ0v) is 14.6. The maximum atomic E-state index is 12.5. The summed E-state index contributed by atoms with van der Waals surface area (Å²) in [6.45, 7) is 0. The van der Waals surface area contributed by atoms with Crippen molar-refractivity contribution in [3.63, 3.8) is 0 Å². The van der Waals surface area contributed by atoms with Crippen molar-refractivity contribution >= 4 is 5.76 Å².